The van der Waals surface area contributed by atoms with Gasteiger partial charge in [0, 0.05) is 6.04 Å². The van der Waals surface area contributed by atoms with Gasteiger partial charge in [0.15, 0.2) is 0 Å². The summed E-state index contributed by atoms with van der Waals surface area (Å²) in [6.45, 7) is 3.34. The van der Waals surface area contributed by atoms with E-state index in [-0.39, 0.29) is 5.82 Å². The van der Waals surface area contributed by atoms with Crippen LogP contribution < -0.4 is 5.32 Å². The van der Waals surface area contributed by atoms with Crippen LogP contribution in [0.15, 0.2) is 18.2 Å². The number of rotatable bonds is 2. The molecule has 4 rings (SSSR count). The Morgan fingerprint density at radius 3 is 2.90 bits per heavy atom. The predicted molar refractivity (Wildman–Crippen MR) is 77.1 cm³/mol. The van der Waals surface area contributed by atoms with Crippen LogP contribution in [0.4, 0.5) is 4.39 Å². The molecule has 2 fully saturated rings. The lowest BCUT2D eigenvalue weighted by atomic mass is 9.92. The zero-order valence-corrected chi connectivity index (χ0v) is 11.8. The summed E-state index contributed by atoms with van der Waals surface area (Å²) in [5.41, 5.74) is 1.88. The zero-order chi connectivity index (χ0) is 13.7. The Morgan fingerprint density at radius 1 is 1.30 bits per heavy atom. The van der Waals surface area contributed by atoms with E-state index in [2.05, 4.69) is 16.8 Å². The molecule has 1 aliphatic carbocycles. The lowest BCUT2D eigenvalue weighted by Crippen LogP contribution is -2.34. The fourth-order valence-corrected chi connectivity index (χ4v) is 3.42. The first-order chi connectivity index (χ1) is 9.74. The van der Waals surface area contributed by atoms with Crippen molar-refractivity contribution in [2.45, 2.75) is 44.7 Å². The van der Waals surface area contributed by atoms with Crippen LogP contribution in [-0.4, -0.2) is 16.1 Å². The van der Waals surface area contributed by atoms with E-state index in [1.54, 1.807) is 12.1 Å². The van der Waals surface area contributed by atoms with Crippen molar-refractivity contribution in [1.29, 1.82) is 0 Å². The van der Waals surface area contributed by atoms with Crippen LogP contribution in [0.3, 0.4) is 0 Å². The first-order valence-electron chi connectivity index (χ1n) is 7.65. The summed E-state index contributed by atoms with van der Waals surface area (Å²) in [6.07, 6.45) is 4.85. The van der Waals surface area contributed by atoms with Gasteiger partial charge in [0.2, 0.25) is 0 Å². The molecule has 0 amide bonds. The number of hydrogen-bond donors (Lipinski definition) is 1. The second-order valence-corrected chi connectivity index (χ2v) is 6.26. The number of fused-ring (bicyclic) bond motifs is 1. The van der Waals surface area contributed by atoms with Gasteiger partial charge in [-0.2, -0.15) is 0 Å². The molecular weight excluding hydrogens is 253 g/mol. The summed E-state index contributed by atoms with van der Waals surface area (Å²) in [6, 6.07) is 5.78. The fourth-order valence-electron chi connectivity index (χ4n) is 3.42. The molecule has 1 saturated carbocycles. The van der Waals surface area contributed by atoms with E-state index in [1.807, 2.05) is 0 Å². The minimum Gasteiger partial charge on any atom is -0.323 e. The number of nitrogens with one attached hydrogen (secondary N) is 1. The van der Waals surface area contributed by atoms with E-state index >= 15 is 0 Å². The van der Waals surface area contributed by atoms with E-state index in [4.69, 9.17) is 4.98 Å². The van der Waals surface area contributed by atoms with E-state index in [1.165, 1.54) is 31.7 Å². The normalized spacial score (nSPS) is 27.1. The van der Waals surface area contributed by atoms with E-state index in [0.717, 1.165) is 23.4 Å². The highest BCUT2D eigenvalue weighted by atomic mass is 19.1. The quantitative estimate of drug-likeness (QED) is 0.906. The van der Waals surface area contributed by atoms with Gasteiger partial charge >= 0.3 is 0 Å². The van der Waals surface area contributed by atoms with Crippen molar-refractivity contribution in [2.24, 2.45) is 5.92 Å². The molecule has 106 valence electrons. The van der Waals surface area contributed by atoms with Crippen molar-refractivity contribution in [3.05, 3.63) is 29.8 Å². The molecule has 20 heavy (non-hydrogen) atoms. The molecule has 0 radical (unpaired) electrons. The molecule has 1 aromatic carbocycles. The second-order valence-electron chi connectivity index (χ2n) is 6.26. The highest BCUT2D eigenvalue weighted by Crippen LogP contribution is 2.41. The van der Waals surface area contributed by atoms with Gasteiger partial charge < -0.3 is 9.88 Å². The van der Waals surface area contributed by atoms with Gasteiger partial charge in [-0.3, -0.25) is 0 Å². The van der Waals surface area contributed by atoms with Crippen molar-refractivity contribution in [3.8, 4) is 0 Å². The molecule has 1 aromatic heterocycles. The maximum atomic E-state index is 13.6. The van der Waals surface area contributed by atoms with E-state index in [9.17, 15) is 4.39 Å². The zero-order valence-electron chi connectivity index (χ0n) is 11.8. The van der Waals surface area contributed by atoms with Crippen LogP contribution in [0.25, 0.3) is 11.0 Å². The Morgan fingerprint density at radius 2 is 2.15 bits per heavy atom. The van der Waals surface area contributed by atoms with Gasteiger partial charge in [-0.15, -0.1) is 0 Å². The summed E-state index contributed by atoms with van der Waals surface area (Å²) in [5.74, 6) is 1.53. The maximum absolute atomic E-state index is 13.6. The first-order valence-corrected chi connectivity index (χ1v) is 7.65. The third-order valence-electron chi connectivity index (χ3n) is 4.64. The average molecular weight is 273 g/mol. The number of piperidine rings is 1. The number of halogens is 1. The number of aromatic nitrogens is 2. The Labute approximate surface area is 118 Å². The van der Waals surface area contributed by atoms with Crippen molar-refractivity contribution in [3.63, 3.8) is 0 Å². The monoisotopic (exact) mass is 273 g/mol. The summed E-state index contributed by atoms with van der Waals surface area (Å²) < 4.78 is 15.9. The Bertz CT molecular complexity index is 644. The van der Waals surface area contributed by atoms with Gasteiger partial charge in [-0.1, -0.05) is 6.92 Å². The van der Waals surface area contributed by atoms with E-state index in [0.29, 0.717) is 18.0 Å². The van der Waals surface area contributed by atoms with Gasteiger partial charge in [0.05, 0.1) is 17.1 Å². The molecular formula is C16H20FN3. The van der Waals surface area contributed by atoms with Crippen LogP contribution >= 0.6 is 0 Å². The minimum atomic E-state index is -0.171. The number of nitrogens with zero attached hydrogens (tertiary/aromatic N) is 2. The smallest absolute Gasteiger partial charge is 0.127 e. The largest absolute Gasteiger partial charge is 0.323 e. The van der Waals surface area contributed by atoms with Crippen molar-refractivity contribution < 1.29 is 4.39 Å². The minimum absolute atomic E-state index is 0.171. The fraction of sp³-hybridized carbons (Fsp3) is 0.562. The topological polar surface area (TPSA) is 29.9 Å². The molecule has 0 bridgehead atoms. The molecule has 2 aliphatic rings. The van der Waals surface area contributed by atoms with Crippen molar-refractivity contribution in [2.75, 3.05) is 6.54 Å². The number of hydrogen-bond acceptors (Lipinski definition) is 2. The molecule has 4 heteroatoms. The lowest BCUT2D eigenvalue weighted by molar-refractivity contribution is 0.289. The molecule has 1 saturated heterocycles. The van der Waals surface area contributed by atoms with Crippen molar-refractivity contribution in [1.82, 2.24) is 14.9 Å². The van der Waals surface area contributed by atoms with Crippen LogP contribution in [0, 0.1) is 11.7 Å². The van der Waals surface area contributed by atoms with Gasteiger partial charge in [0.1, 0.15) is 11.6 Å². The molecule has 2 heterocycles. The van der Waals surface area contributed by atoms with Gasteiger partial charge in [-0.05, 0) is 56.3 Å². The molecule has 1 aliphatic heterocycles. The van der Waals surface area contributed by atoms with Crippen LogP contribution in [0.5, 0.6) is 0 Å². The molecule has 2 aromatic rings. The Balaban J connectivity index is 1.87. The third-order valence-corrected chi connectivity index (χ3v) is 4.64. The van der Waals surface area contributed by atoms with Crippen LogP contribution in [0.1, 0.15) is 50.5 Å². The average Bonchev–Trinajstić information content (AvgIpc) is 3.20. The standard InChI is InChI=1S/C16H20FN3/c1-10-3-2-8-18-15(10)16-19-13-7-4-11(17)9-14(13)20(16)12-5-6-12/h4,7,9-10,12,15,18H,2-3,5-6,8H2,1H3. The molecule has 0 spiro atoms. The lowest BCUT2D eigenvalue weighted by Gasteiger charge is -2.30. The van der Waals surface area contributed by atoms with E-state index < -0.39 is 0 Å². The Hall–Kier alpha value is -1.42. The Kier molecular flexibility index (Phi) is 2.81. The first kappa shape index (κ1) is 12.3. The number of imidazole rings is 1. The van der Waals surface area contributed by atoms with Gasteiger partial charge in [-0.25, -0.2) is 9.37 Å². The summed E-state index contributed by atoms with van der Waals surface area (Å²) >= 11 is 0. The van der Waals surface area contributed by atoms with Crippen molar-refractivity contribution >= 4 is 11.0 Å². The number of benzene rings is 1. The highest BCUT2D eigenvalue weighted by molar-refractivity contribution is 5.76. The predicted octanol–water partition coefficient (Wildman–Crippen LogP) is 3.57. The third kappa shape index (κ3) is 1.94. The van der Waals surface area contributed by atoms with Gasteiger partial charge in [0.25, 0.3) is 0 Å². The maximum Gasteiger partial charge on any atom is 0.127 e. The van der Waals surface area contributed by atoms with Crippen LogP contribution in [0.2, 0.25) is 0 Å². The highest BCUT2D eigenvalue weighted by Gasteiger charge is 2.33. The summed E-state index contributed by atoms with van der Waals surface area (Å²) in [4.78, 5) is 4.82. The van der Waals surface area contributed by atoms with Crippen LogP contribution in [-0.2, 0) is 0 Å². The molecule has 2 atom stereocenters. The SMILES string of the molecule is CC1CCCNC1c1nc2ccc(F)cc2n1C1CC1. The molecule has 2 unspecified atom stereocenters. The second kappa shape index (κ2) is 4.55. The molecule has 3 nitrogen and oxygen atoms in total. The summed E-state index contributed by atoms with van der Waals surface area (Å²) in [5, 5.41) is 3.61. The summed E-state index contributed by atoms with van der Waals surface area (Å²) in [7, 11) is 0. The molecule has 1 N–H and O–H groups in total.